The Morgan fingerprint density at radius 2 is 1.76 bits per heavy atom. The highest BCUT2D eigenvalue weighted by Crippen LogP contribution is 2.35. The zero-order valence-corrected chi connectivity index (χ0v) is 12.4. The first-order chi connectivity index (χ1) is 9.79. The van der Waals surface area contributed by atoms with Crippen LogP contribution in [0.4, 0.5) is 0 Å². The lowest BCUT2D eigenvalue weighted by atomic mass is 10.0. The topological polar surface area (TPSA) is 42.4 Å². The lowest BCUT2D eigenvalue weighted by Crippen LogP contribution is -1.92. The van der Waals surface area contributed by atoms with Crippen LogP contribution in [0.3, 0.4) is 0 Å². The lowest BCUT2D eigenvalue weighted by molar-refractivity contribution is 0.376. The highest BCUT2D eigenvalue weighted by Gasteiger charge is 2.10. The Bertz CT molecular complexity index is 744. The number of nitrogens with zero attached hydrogens (tertiary/aromatic N) is 1. The predicted octanol–water partition coefficient (Wildman–Crippen LogP) is 3.96. The maximum Gasteiger partial charge on any atom is 0.167 e. The van der Waals surface area contributed by atoms with Gasteiger partial charge in [-0.25, -0.2) is 0 Å². The third-order valence-corrected chi connectivity index (χ3v) is 3.42. The Hall–Kier alpha value is -2.26. The molecular weight excluding hydrogens is 286 g/mol. The monoisotopic (exact) mass is 301 g/mol. The summed E-state index contributed by atoms with van der Waals surface area (Å²) in [6.07, 6.45) is 4.31. The van der Waals surface area contributed by atoms with Gasteiger partial charge in [-0.3, -0.25) is 4.98 Å². The number of ether oxygens (including phenoxy) is 1. The maximum atomic E-state index is 10.2. The van der Waals surface area contributed by atoms with Crippen LogP contribution < -0.4 is 4.74 Å². The molecular formula is C17H16ClNO2. The van der Waals surface area contributed by atoms with Crippen molar-refractivity contribution >= 4 is 23.2 Å². The molecule has 0 bridgehead atoms. The molecule has 21 heavy (non-hydrogen) atoms. The van der Waals surface area contributed by atoms with E-state index in [2.05, 4.69) is 17.1 Å². The second kappa shape index (κ2) is 6.46. The number of fused-ring (bicyclic) bond motifs is 1. The number of phenolic OH excluding ortho intramolecular Hbond substituents is 1. The molecule has 1 heterocycles. The quantitative estimate of drug-likeness (QED) is 0.796. The number of hydrogen-bond donors (Lipinski definition) is 1. The van der Waals surface area contributed by atoms with Gasteiger partial charge in [-0.05, 0) is 29.0 Å². The van der Waals surface area contributed by atoms with Crippen LogP contribution in [0.15, 0.2) is 54.9 Å². The molecule has 0 aliphatic heterocycles. The van der Waals surface area contributed by atoms with Crippen molar-refractivity contribution < 1.29 is 9.84 Å². The van der Waals surface area contributed by atoms with Crippen molar-refractivity contribution in [3.8, 4) is 11.5 Å². The minimum absolute atomic E-state index is 0. The standard InChI is InChI=1S/C17H15NO2.ClH/c1-20-16-8-7-14-13(9-12-5-3-2-4-6-12)10-18-11-15(14)17(16)19;/h2-8,10-11,19H,9H2,1H3;1H. The molecule has 3 aromatic rings. The third-order valence-electron chi connectivity index (χ3n) is 3.42. The van der Waals surface area contributed by atoms with Gasteiger partial charge < -0.3 is 9.84 Å². The normalized spacial score (nSPS) is 10.1. The van der Waals surface area contributed by atoms with Crippen LogP contribution in [-0.2, 0) is 6.42 Å². The van der Waals surface area contributed by atoms with E-state index in [-0.39, 0.29) is 18.2 Å². The fourth-order valence-corrected chi connectivity index (χ4v) is 2.39. The van der Waals surface area contributed by atoms with Crippen LogP contribution in [0.1, 0.15) is 11.1 Å². The van der Waals surface area contributed by atoms with Gasteiger partial charge in [-0.2, -0.15) is 0 Å². The third kappa shape index (κ3) is 2.93. The Labute approximate surface area is 129 Å². The Morgan fingerprint density at radius 3 is 2.48 bits per heavy atom. The van der Waals surface area contributed by atoms with Gasteiger partial charge in [-0.1, -0.05) is 36.4 Å². The number of benzene rings is 2. The van der Waals surface area contributed by atoms with E-state index < -0.39 is 0 Å². The zero-order chi connectivity index (χ0) is 13.9. The molecule has 0 spiro atoms. The van der Waals surface area contributed by atoms with Crippen molar-refractivity contribution in [2.45, 2.75) is 6.42 Å². The first kappa shape index (κ1) is 15.1. The highest BCUT2D eigenvalue weighted by atomic mass is 35.5. The summed E-state index contributed by atoms with van der Waals surface area (Å²) in [7, 11) is 1.54. The van der Waals surface area contributed by atoms with Crippen molar-refractivity contribution in [3.05, 3.63) is 66.0 Å². The molecule has 0 fully saturated rings. The summed E-state index contributed by atoms with van der Waals surface area (Å²) in [6.45, 7) is 0. The molecule has 0 aliphatic rings. The molecule has 108 valence electrons. The van der Waals surface area contributed by atoms with Crippen LogP contribution in [0.2, 0.25) is 0 Å². The molecule has 0 saturated heterocycles. The van der Waals surface area contributed by atoms with Crippen LogP contribution in [0.5, 0.6) is 11.5 Å². The van der Waals surface area contributed by atoms with Gasteiger partial charge >= 0.3 is 0 Å². The van der Waals surface area contributed by atoms with Gasteiger partial charge in [0.15, 0.2) is 11.5 Å². The van der Waals surface area contributed by atoms with Crippen LogP contribution in [-0.4, -0.2) is 17.2 Å². The van der Waals surface area contributed by atoms with Gasteiger partial charge in [0.2, 0.25) is 0 Å². The average molecular weight is 302 g/mol. The summed E-state index contributed by atoms with van der Waals surface area (Å²) in [5.74, 6) is 0.614. The van der Waals surface area contributed by atoms with Crippen molar-refractivity contribution in [2.24, 2.45) is 0 Å². The number of hydrogen-bond acceptors (Lipinski definition) is 3. The molecule has 2 aromatic carbocycles. The van der Waals surface area contributed by atoms with Gasteiger partial charge in [0, 0.05) is 17.8 Å². The minimum Gasteiger partial charge on any atom is -0.504 e. The van der Waals surface area contributed by atoms with E-state index >= 15 is 0 Å². The van der Waals surface area contributed by atoms with Crippen molar-refractivity contribution in [2.75, 3.05) is 7.11 Å². The van der Waals surface area contributed by atoms with E-state index in [1.54, 1.807) is 19.4 Å². The summed E-state index contributed by atoms with van der Waals surface area (Å²) in [4.78, 5) is 4.23. The van der Waals surface area contributed by atoms with Crippen molar-refractivity contribution in [1.29, 1.82) is 0 Å². The van der Waals surface area contributed by atoms with Crippen LogP contribution in [0, 0.1) is 0 Å². The fourth-order valence-electron chi connectivity index (χ4n) is 2.39. The number of aromatic hydroxyl groups is 1. The molecule has 4 heteroatoms. The van der Waals surface area contributed by atoms with Gasteiger partial charge in [0.1, 0.15) is 0 Å². The lowest BCUT2D eigenvalue weighted by Gasteiger charge is -2.10. The van der Waals surface area contributed by atoms with Crippen molar-refractivity contribution in [1.82, 2.24) is 4.98 Å². The molecule has 3 rings (SSSR count). The second-order valence-corrected chi connectivity index (χ2v) is 4.67. The number of halogens is 1. The highest BCUT2D eigenvalue weighted by molar-refractivity contribution is 5.92. The number of phenols is 1. The Balaban J connectivity index is 0.00000161. The van der Waals surface area contributed by atoms with E-state index in [9.17, 15) is 5.11 Å². The molecule has 1 aromatic heterocycles. The number of aromatic nitrogens is 1. The Kier molecular flexibility index (Phi) is 4.66. The van der Waals surface area contributed by atoms with E-state index in [0.717, 1.165) is 22.8 Å². The smallest absolute Gasteiger partial charge is 0.167 e. The van der Waals surface area contributed by atoms with Crippen molar-refractivity contribution in [3.63, 3.8) is 0 Å². The summed E-state index contributed by atoms with van der Waals surface area (Å²) >= 11 is 0. The number of rotatable bonds is 3. The zero-order valence-electron chi connectivity index (χ0n) is 11.6. The maximum absolute atomic E-state index is 10.2. The van der Waals surface area contributed by atoms with Crippen LogP contribution in [0.25, 0.3) is 10.8 Å². The number of methoxy groups -OCH3 is 1. The average Bonchev–Trinajstić information content (AvgIpc) is 2.49. The molecule has 0 radical (unpaired) electrons. The molecule has 0 unspecified atom stereocenters. The van der Waals surface area contributed by atoms with E-state index in [1.807, 2.05) is 30.5 Å². The molecule has 0 aliphatic carbocycles. The molecule has 0 atom stereocenters. The summed E-state index contributed by atoms with van der Waals surface area (Å²) in [5, 5.41) is 11.9. The predicted molar refractivity (Wildman–Crippen MR) is 86.5 cm³/mol. The largest absolute Gasteiger partial charge is 0.504 e. The van der Waals surface area contributed by atoms with Gasteiger partial charge in [0.05, 0.1) is 7.11 Å². The van der Waals surface area contributed by atoms with E-state index in [1.165, 1.54) is 5.56 Å². The first-order valence-corrected chi connectivity index (χ1v) is 6.46. The summed E-state index contributed by atoms with van der Waals surface area (Å²) in [6, 6.07) is 14.0. The fraction of sp³-hybridized carbons (Fsp3) is 0.118. The van der Waals surface area contributed by atoms with E-state index in [0.29, 0.717) is 5.75 Å². The molecule has 0 saturated carbocycles. The molecule has 3 nitrogen and oxygen atoms in total. The summed E-state index contributed by atoms with van der Waals surface area (Å²) in [5.41, 5.74) is 2.31. The first-order valence-electron chi connectivity index (χ1n) is 6.46. The van der Waals surface area contributed by atoms with Gasteiger partial charge in [-0.15, -0.1) is 12.4 Å². The molecule has 1 N–H and O–H groups in total. The van der Waals surface area contributed by atoms with Gasteiger partial charge in [0.25, 0.3) is 0 Å². The summed E-state index contributed by atoms with van der Waals surface area (Å²) < 4.78 is 5.13. The SMILES string of the molecule is COc1ccc2c(Cc3ccccc3)cncc2c1O.Cl. The second-order valence-electron chi connectivity index (χ2n) is 4.67. The van der Waals surface area contributed by atoms with E-state index in [4.69, 9.17) is 4.74 Å². The Morgan fingerprint density at radius 1 is 1.00 bits per heavy atom. The molecule has 0 amide bonds. The minimum atomic E-state index is 0. The van der Waals surface area contributed by atoms with Crippen LogP contribution >= 0.6 is 12.4 Å². The number of pyridine rings is 1.